The van der Waals surface area contributed by atoms with Crippen molar-refractivity contribution in [1.82, 2.24) is 0 Å². The molecule has 0 spiro atoms. The molecule has 20 heavy (non-hydrogen) atoms. The smallest absolute Gasteiger partial charge is 0.310 e. The average molecular weight is 270 g/mol. The molecule has 104 valence electrons. The third kappa shape index (κ3) is 3.38. The second kappa shape index (κ2) is 6.75. The Labute approximate surface area is 118 Å². The van der Waals surface area contributed by atoms with Crippen LogP contribution in [0.25, 0.3) is 0 Å². The van der Waals surface area contributed by atoms with Gasteiger partial charge in [0.2, 0.25) is 0 Å². The Morgan fingerprint density at radius 3 is 2.40 bits per heavy atom. The Bertz CT molecular complexity index is 563. The standard InChI is InChI=1S/C17H18O3/c1-20-16-10-6-5-9-14(16)11-12-15(17(18)19)13-7-3-2-4-8-13/h2-10,15H,11-12H2,1H3,(H,18,19). The van der Waals surface area contributed by atoms with E-state index in [-0.39, 0.29) is 0 Å². The fourth-order valence-electron chi connectivity index (χ4n) is 2.33. The molecule has 2 rings (SSSR count). The van der Waals surface area contributed by atoms with Gasteiger partial charge in [0, 0.05) is 0 Å². The highest BCUT2D eigenvalue weighted by Crippen LogP contribution is 2.25. The largest absolute Gasteiger partial charge is 0.496 e. The second-order valence-corrected chi connectivity index (χ2v) is 4.65. The lowest BCUT2D eigenvalue weighted by Crippen LogP contribution is -2.12. The van der Waals surface area contributed by atoms with Crippen LogP contribution in [0.1, 0.15) is 23.5 Å². The van der Waals surface area contributed by atoms with E-state index < -0.39 is 11.9 Å². The van der Waals surface area contributed by atoms with Crippen LogP contribution >= 0.6 is 0 Å². The van der Waals surface area contributed by atoms with E-state index in [4.69, 9.17) is 4.74 Å². The molecular weight excluding hydrogens is 252 g/mol. The molecule has 0 amide bonds. The molecule has 0 aliphatic carbocycles. The number of rotatable bonds is 6. The lowest BCUT2D eigenvalue weighted by molar-refractivity contribution is -0.138. The van der Waals surface area contributed by atoms with E-state index in [2.05, 4.69) is 0 Å². The normalized spacial score (nSPS) is 11.8. The topological polar surface area (TPSA) is 46.5 Å². The van der Waals surface area contributed by atoms with E-state index in [0.29, 0.717) is 12.8 Å². The fourth-order valence-corrected chi connectivity index (χ4v) is 2.33. The van der Waals surface area contributed by atoms with Crippen molar-refractivity contribution in [2.45, 2.75) is 18.8 Å². The first-order chi connectivity index (χ1) is 9.72. The summed E-state index contributed by atoms with van der Waals surface area (Å²) >= 11 is 0. The van der Waals surface area contributed by atoms with E-state index >= 15 is 0 Å². The third-order valence-electron chi connectivity index (χ3n) is 3.39. The van der Waals surface area contributed by atoms with Gasteiger partial charge < -0.3 is 9.84 Å². The summed E-state index contributed by atoms with van der Waals surface area (Å²) in [5, 5.41) is 9.40. The van der Waals surface area contributed by atoms with E-state index in [0.717, 1.165) is 16.9 Å². The van der Waals surface area contributed by atoms with Crippen LogP contribution in [0, 0.1) is 0 Å². The van der Waals surface area contributed by atoms with Gasteiger partial charge in [0.25, 0.3) is 0 Å². The van der Waals surface area contributed by atoms with Crippen molar-refractivity contribution < 1.29 is 14.6 Å². The van der Waals surface area contributed by atoms with Gasteiger partial charge in [0.1, 0.15) is 5.75 Å². The Hall–Kier alpha value is -2.29. The predicted octanol–water partition coefficient (Wildman–Crippen LogP) is 3.50. The molecule has 0 bridgehead atoms. The van der Waals surface area contributed by atoms with Gasteiger partial charge in [-0.05, 0) is 30.0 Å². The minimum Gasteiger partial charge on any atom is -0.496 e. The SMILES string of the molecule is COc1ccccc1CCC(C(=O)O)c1ccccc1. The first kappa shape index (κ1) is 14.1. The van der Waals surface area contributed by atoms with E-state index in [1.807, 2.05) is 54.6 Å². The number of para-hydroxylation sites is 1. The molecule has 0 aliphatic rings. The minimum atomic E-state index is -0.786. The van der Waals surface area contributed by atoms with Crippen molar-refractivity contribution in [3.8, 4) is 5.75 Å². The summed E-state index contributed by atoms with van der Waals surface area (Å²) in [6, 6.07) is 17.1. The van der Waals surface area contributed by atoms with Crippen LogP contribution in [0.4, 0.5) is 0 Å². The van der Waals surface area contributed by atoms with E-state index in [1.54, 1.807) is 7.11 Å². The number of ether oxygens (including phenoxy) is 1. The number of carboxylic acid groups (broad SMARTS) is 1. The number of hydrogen-bond donors (Lipinski definition) is 1. The zero-order chi connectivity index (χ0) is 14.4. The van der Waals surface area contributed by atoms with Crippen LogP contribution < -0.4 is 4.74 Å². The number of carboxylic acids is 1. The molecule has 2 aromatic rings. The van der Waals surface area contributed by atoms with Crippen LogP contribution in [0.3, 0.4) is 0 Å². The Kier molecular flexibility index (Phi) is 4.77. The van der Waals surface area contributed by atoms with Crippen LogP contribution in [-0.2, 0) is 11.2 Å². The molecule has 0 aromatic heterocycles. The number of methoxy groups -OCH3 is 1. The van der Waals surface area contributed by atoms with Gasteiger partial charge >= 0.3 is 5.97 Å². The van der Waals surface area contributed by atoms with Crippen molar-refractivity contribution in [2.75, 3.05) is 7.11 Å². The maximum atomic E-state index is 11.4. The van der Waals surface area contributed by atoms with Crippen LogP contribution in [0.2, 0.25) is 0 Å². The van der Waals surface area contributed by atoms with Gasteiger partial charge in [-0.25, -0.2) is 0 Å². The lowest BCUT2D eigenvalue weighted by atomic mass is 9.92. The molecule has 0 heterocycles. The minimum absolute atomic E-state index is 0.485. The van der Waals surface area contributed by atoms with Crippen molar-refractivity contribution in [2.24, 2.45) is 0 Å². The van der Waals surface area contributed by atoms with E-state index in [1.165, 1.54) is 0 Å². The molecule has 0 aliphatic heterocycles. The summed E-state index contributed by atoms with van der Waals surface area (Å²) in [5.41, 5.74) is 1.88. The monoisotopic (exact) mass is 270 g/mol. The first-order valence-electron chi connectivity index (χ1n) is 6.62. The van der Waals surface area contributed by atoms with Gasteiger partial charge in [0.05, 0.1) is 13.0 Å². The first-order valence-corrected chi connectivity index (χ1v) is 6.62. The highest BCUT2D eigenvalue weighted by atomic mass is 16.5. The number of aryl methyl sites for hydroxylation is 1. The highest BCUT2D eigenvalue weighted by Gasteiger charge is 2.19. The average Bonchev–Trinajstić information content (AvgIpc) is 2.48. The summed E-state index contributed by atoms with van der Waals surface area (Å²) in [7, 11) is 1.63. The van der Waals surface area contributed by atoms with Gasteiger partial charge in [-0.1, -0.05) is 48.5 Å². The Morgan fingerprint density at radius 1 is 1.10 bits per heavy atom. The molecule has 1 N–H and O–H groups in total. The summed E-state index contributed by atoms with van der Waals surface area (Å²) in [6.45, 7) is 0. The molecule has 0 saturated carbocycles. The second-order valence-electron chi connectivity index (χ2n) is 4.65. The zero-order valence-electron chi connectivity index (χ0n) is 11.5. The molecule has 0 fully saturated rings. The zero-order valence-corrected chi connectivity index (χ0v) is 11.5. The van der Waals surface area contributed by atoms with Crippen molar-refractivity contribution in [3.05, 3.63) is 65.7 Å². The molecule has 2 aromatic carbocycles. The van der Waals surface area contributed by atoms with Gasteiger partial charge in [-0.3, -0.25) is 4.79 Å². The van der Waals surface area contributed by atoms with Gasteiger partial charge in [-0.2, -0.15) is 0 Å². The number of benzene rings is 2. The van der Waals surface area contributed by atoms with Crippen molar-refractivity contribution in [3.63, 3.8) is 0 Å². The maximum Gasteiger partial charge on any atom is 0.310 e. The molecule has 1 unspecified atom stereocenters. The summed E-state index contributed by atoms with van der Waals surface area (Å²) < 4.78 is 5.30. The quantitative estimate of drug-likeness (QED) is 0.874. The van der Waals surface area contributed by atoms with Crippen LogP contribution in [0.15, 0.2) is 54.6 Å². The van der Waals surface area contributed by atoms with Crippen LogP contribution in [-0.4, -0.2) is 18.2 Å². The molecule has 1 atom stereocenters. The number of carbonyl (C=O) groups is 1. The summed E-state index contributed by atoms with van der Waals surface area (Å²) in [4.78, 5) is 11.4. The van der Waals surface area contributed by atoms with Crippen molar-refractivity contribution >= 4 is 5.97 Å². The lowest BCUT2D eigenvalue weighted by Gasteiger charge is -2.14. The third-order valence-corrected chi connectivity index (χ3v) is 3.39. The summed E-state index contributed by atoms with van der Waals surface area (Å²) in [5.74, 6) is -0.461. The van der Waals surface area contributed by atoms with Gasteiger partial charge in [0.15, 0.2) is 0 Å². The summed E-state index contributed by atoms with van der Waals surface area (Å²) in [6.07, 6.45) is 1.23. The molecule has 0 radical (unpaired) electrons. The predicted molar refractivity (Wildman–Crippen MR) is 78.1 cm³/mol. The van der Waals surface area contributed by atoms with E-state index in [9.17, 15) is 9.90 Å². The molecule has 3 nitrogen and oxygen atoms in total. The highest BCUT2D eigenvalue weighted by molar-refractivity contribution is 5.76. The Morgan fingerprint density at radius 2 is 1.75 bits per heavy atom. The molecule has 0 saturated heterocycles. The van der Waals surface area contributed by atoms with Gasteiger partial charge in [-0.15, -0.1) is 0 Å². The maximum absolute atomic E-state index is 11.4. The number of aliphatic carboxylic acids is 1. The number of hydrogen-bond acceptors (Lipinski definition) is 2. The van der Waals surface area contributed by atoms with Crippen LogP contribution in [0.5, 0.6) is 5.75 Å². The Balaban J connectivity index is 2.12. The van der Waals surface area contributed by atoms with Crippen molar-refractivity contribution in [1.29, 1.82) is 0 Å². The fraction of sp³-hybridized carbons (Fsp3) is 0.235. The molecular formula is C17H18O3. The molecule has 3 heteroatoms.